The molecule has 0 N–H and O–H groups in total. The van der Waals surface area contributed by atoms with Crippen LogP contribution in [0.4, 0.5) is 5.95 Å². The van der Waals surface area contributed by atoms with Gasteiger partial charge in [-0.15, -0.1) is 11.8 Å². The molecule has 0 saturated carbocycles. The van der Waals surface area contributed by atoms with Crippen molar-refractivity contribution in [3.05, 3.63) is 36.7 Å². The molecule has 0 spiro atoms. The highest BCUT2D eigenvalue weighted by Crippen LogP contribution is 2.29. The second-order valence-corrected chi connectivity index (χ2v) is 7.92. The molecule has 1 fully saturated rings. The topological polar surface area (TPSA) is 47.5 Å². The second kappa shape index (κ2) is 9.83. The van der Waals surface area contributed by atoms with Gasteiger partial charge in [0.15, 0.2) is 5.75 Å². The summed E-state index contributed by atoms with van der Waals surface area (Å²) >= 11 is 1.75. The van der Waals surface area contributed by atoms with Gasteiger partial charge in [0, 0.05) is 18.0 Å². The predicted molar refractivity (Wildman–Crippen MR) is 111 cm³/mol. The third-order valence-corrected chi connectivity index (χ3v) is 6.12. The van der Waals surface area contributed by atoms with E-state index in [1.54, 1.807) is 31.3 Å². The Hall–Kier alpha value is -1.95. The summed E-state index contributed by atoms with van der Waals surface area (Å²) in [6, 6.07) is 8.34. The first-order chi connectivity index (χ1) is 13.2. The van der Waals surface area contributed by atoms with Crippen molar-refractivity contribution in [1.29, 1.82) is 0 Å². The zero-order valence-electron chi connectivity index (χ0n) is 16.4. The van der Waals surface area contributed by atoms with Crippen LogP contribution in [0.25, 0.3) is 0 Å². The highest BCUT2D eigenvalue weighted by atomic mass is 32.2. The van der Waals surface area contributed by atoms with Gasteiger partial charge in [-0.2, -0.15) is 0 Å². The molecule has 5 nitrogen and oxygen atoms in total. The van der Waals surface area contributed by atoms with Crippen LogP contribution in [0.3, 0.4) is 0 Å². The van der Waals surface area contributed by atoms with E-state index in [1.807, 2.05) is 0 Å². The quantitative estimate of drug-likeness (QED) is 0.620. The number of anilines is 1. The molecule has 1 aliphatic rings. The van der Waals surface area contributed by atoms with Crippen LogP contribution in [-0.2, 0) is 0 Å². The lowest BCUT2D eigenvalue weighted by Crippen LogP contribution is -2.36. The maximum Gasteiger partial charge on any atom is 0.225 e. The number of rotatable bonds is 8. The lowest BCUT2D eigenvalue weighted by Gasteiger charge is -2.34. The third-order valence-electron chi connectivity index (χ3n) is 5.38. The molecule has 1 atom stereocenters. The van der Waals surface area contributed by atoms with Crippen LogP contribution in [0, 0.1) is 11.8 Å². The Morgan fingerprint density at radius 3 is 2.37 bits per heavy atom. The molecule has 0 radical (unpaired) electrons. The van der Waals surface area contributed by atoms with Crippen molar-refractivity contribution in [2.75, 3.05) is 38.0 Å². The highest BCUT2D eigenvalue weighted by Gasteiger charge is 2.25. The van der Waals surface area contributed by atoms with Crippen LogP contribution in [-0.4, -0.2) is 43.0 Å². The first-order valence-electron chi connectivity index (χ1n) is 9.57. The van der Waals surface area contributed by atoms with E-state index in [0.29, 0.717) is 11.7 Å². The molecule has 0 aliphatic carbocycles. The Balaban J connectivity index is 1.40. The van der Waals surface area contributed by atoms with Crippen LogP contribution >= 0.6 is 11.8 Å². The average Bonchev–Trinajstić information content (AvgIpc) is 2.74. The summed E-state index contributed by atoms with van der Waals surface area (Å²) in [5.41, 5.74) is 0. The van der Waals surface area contributed by atoms with Crippen molar-refractivity contribution < 1.29 is 9.47 Å². The van der Waals surface area contributed by atoms with Crippen molar-refractivity contribution in [1.82, 2.24) is 9.97 Å². The van der Waals surface area contributed by atoms with Gasteiger partial charge in [-0.3, -0.25) is 0 Å². The van der Waals surface area contributed by atoms with Gasteiger partial charge in [0.25, 0.3) is 0 Å². The van der Waals surface area contributed by atoms with Crippen LogP contribution < -0.4 is 14.4 Å². The molecule has 0 bridgehead atoms. The van der Waals surface area contributed by atoms with Crippen LogP contribution in [0.5, 0.6) is 11.5 Å². The molecule has 1 saturated heterocycles. The minimum absolute atomic E-state index is 0.661. The molecule has 27 heavy (non-hydrogen) atoms. The van der Waals surface area contributed by atoms with E-state index in [0.717, 1.165) is 43.7 Å². The predicted octanol–water partition coefficient (Wildman–Crippen LogP) is 4.53. The van der Waals surface area contributed by atoms with Gasteiger partial charge in [0.1, 0.15) is 5.75 Å². The first-order valence-corrected chi connectivity index (χ1v) is 10.8. The van der Waals surface area contributed by atoms with Gasteiger partial charge in [0.05, 0.1) is 26.1 Å². The fourth-order valence-electron chi connectivity index (χ4n) is 3.52. The van der Waals surface area contributed by atoms with Gasteiger partial charge in [-0.25, -0.2) is 9.97 Å². The lowest BCUT2D eigenvalue weighted by molar-refractivity contribution is 0.222. The van der Waals surface area contributed by atoms with Crippen molar-refractivity contribution in [2.24, 2.45) is 11.8 Å². The Bertz CT molecular complexity index is 686. The SMILES string of the molecule is COc1cnc(N2CCC([C@H](C)CCOc3ccc(SC)cc3)CC2)nc1. The van der Waals surface area contributed by atoms with Crippen molar-refractivity contribution in [3.63, 3.8) is 0 Å². The number of aromatic nitrogens is 2. The maximum atomic E-state index is 5.93. The fraction of sp³-hybridized carbons (Fsp3) is 0.524. The molecule has 0 amide bonds. The molecule has 1 aromatic heterocycles. The second-order valence-electron chi connectivity index (χ2n) is 7.04. The normalized spacial score (nSPS) is 16.2. The summed E-state index contributed by atoms with van der Waals surface area (Å²) < 4.78 is 11.1. The largest absolute Gasteiger partial charge is 0.494 e. The summed E-state index contributed by atoms with van der Waals surface area (Å²) in [4.78, 5) is 12.4. The molecule has 2 aromatic rings. The van der Waals surface area contributed by atoms with Crippen molar-refractivity contribution in [3.8, 4) is 11.5 Å². The molecule has 1 aliphatic heterocycles. The fourth-order valence-corrected chi connectivity index (χ4v) is 3.93. The number of benzene rings is 1. The van der Waals surface area contributed by atoms with Gasteiger partial charge >= 0.3 is 0 Å². The van der Waals surface area contributed by atoms with E-state index in [4.69, 9.17) is 9.47 Å². The van der Waals surface area contributed by atoms with Crippen LogP contribution in [0.15, 0.2) is 41.6 Å². The number of hydrogen-bond acceptors (Lipinski definition) is 6. The number of ether oxygens (including phenoxy) is 2. The minimum atomic E-state index is 0.661. The summed E-state index contributed by atoms with van der Waals surface area (Å²) in [6.07, 6.45) is 9.01. The van der Waals surface area contributed by atoms with Gasteiger partial charge in [-0.1, -0.05) is 6.92 Å². The van der Waals surface area contributed by atoms with Crippen molar-refractivity contribution in [2.45, 2.75) is 31.1 Å². The number of thioether (sulfide) groups is 1. The molecule has 2 heterocycles. The molecule has 146 valence electrons. The van der Waals surface area contributed by atoms with Crippen molar-refractivity contribution >= 4 is 17.7 Å². The standard InChI is InChI=1S/C21H29N3O2S/c1-16(10-13-26-18-4-6-20(27-3)7-5-18)17-8-11-24(12-9-17)21-22-14-19(25-2)15-23-21/h4-7,14-17H,8-13H2,1-3H3/t16-/m1/s1. The number of nitrogens with zero attached hydrogens (tertiary/aromatic N) is 3. The molecular formula is C21H29N3O2S. The molecule has 6 heteroatoms. The zero-order valence-corrected chi connectivity index (χ0v) is 17.2. The highest BCUT2D eigenvalue weighted by molar-refractivity contribution is 7.98. The maximum absolute atomic E-state index is 5.93. The molecule has 3 rings (SSSR count). The monoisotopic (exact) mass is 387 g/mol. The van der Waals surface area contributed by atoms with Gasteiger partial charge in [0.2, 0.25) is 5.95 Å². The van der Waals surface area contributed by atoms with E-state index in [9.17, 15) is 0 Å². The van der Waals surface area contributed by atoms with Crippen LogP contribution in [0.1, 0.15) is 26.2 Å². The number of hydrogen-bond donors (Lipinski definition) is 0. The number of methoxy groups -OCH3 is 1. The van der Waals surface area contributed by atoms with Crippen LogP contribution in [0.2, 0.25) is 0 Å². The van der Waals surface area contributed by atoms with E-state index in [-0.39, 0.29) is 0 Å². The Labute approximate surface area is 166 Å². The first kappa shape index (κ1) is 19.8. The van der Waals surface area contributed by atoms with E-state index in [1.165, 1.54) is 17.7 Å². The average molecular weight is 388 g/mol. The molecular weight excluding hydrogens is 358 g/mol. The summed E-state index contributed by atoms with van der Waals surface area (Å²) in [6.45, 7) is 5.16. The van der Waals surface area contributed by atoms with Gasteiger partial charge < -0.3 is 14.4 Å². The molecule has 0 unspecified atom stereocenters. The summed E-state index contributed by atoms with van der Waals surface area (Å²) in [7, 11) is 1.63. The summed E-state index contributed by atoms with van der Waals surface area (Å²) in [5, 5.41) is 0. The number of piperidine rings is 1. The minimum Gasteiger partial charge on any atom is -0.494 e. The van der Waals surface area contributed by atoms with Gasteiger partial charge in [-0.05, 0) is 61.6 Å². The molecule has 1 aromatic carbocycles. The Morgan fingerprint density at radius 1 is 1.11 bits per heavy atom. The van der Waals surface area contributed by atoms with E-state index in [2.05, 4.69) is 52.3 Å². The summed E-state index contributed by atoms with van der Waals surface area (Å²) in [5.74, 6) is 3.87. The van der Waals surface area contributed by atoms with E-state index < -0.39 is 0 Å². The third kappa shape index (κ3) is 5.51. The zero-order chi connectivity index (χ0) is 19.1. The Morgan fingerprint density at radius 2 is 1.78 bits per heavy atom. The van der Waals surface area contributed by atoms with E-state index >= 15 is 0 Å². The smallest absolute Gasteiger partial charge is 0.225 e. The Kier molecular flexibility index (Phi) is 7.21. The lowest BCUT2D eigenvalue weighted by atomic mass is 9.84.